The molecule has 1 aromatic rings. The van der Waals surface area contributed by atoms with Gasteiger partial charge in [0, 0.05) is 14.6 Å². The zero-order valence-corrected chi connectivity index (χ0v) is 6.20. The van der Waals surface area contributed by atoms with Gasteiger partial charge in [-0.15, -0.1) is 0 Å². The number of carbonyl (C=O) groups is 1. The van der Waals surface area contributed by atoms with Crippen LogP contribution in [0.4, 0.5) is 0 Å². The van der Waals surface area contributed by atoms with Crippen LogP contribution in [-0.2, 0) is 4.79 Å². The highest BCUT2D eigenvalue weighted by molar-refractivity contribution is 5.91. The van der Waals surface area contributed by atoms with E-state index in [1.807, 2.05) is 0 Å². The van der Waals surface area contributed by atoms with Crippen LogP contribution in [0, 0.1) is 0 Å². The summed E-state index contributed by atoms with van der Waals surface area (Å²) in [4.78, 5) is 10.7. The molecule has 0 spiro atoms. The van der Waals surface area contributed by atoms with Crippen molar-refractivity contribution in [2.45, 2.75) is 0 Å². The molecule has 1 amide bonds. The molecule has 0 radical (unpaired) electrons. The minimum atomic E-state index is -0.138. The summed E-state index contributed by atoms with van der Waals surface area (Å²) in [6, 6.07) is 3.54. The van der Waals surface area contributed by atoms with Crippen LogP contribution in [0.5, 0.6) is 0 Å². The molecular formula is C8H11NO2. The van der Waals surface area contributed by atoms with Gasteiger partial charge in [0.15, 0.2) is 0 Å². The van der Waals surface area contributed by atoms with Gasteiger partial charge in [0.1, 0.15) is 5.76 Å². The first-order valence-corrected chi connectivity index (χ1v) is 3.26. The molecule has 11 heavy (non-hydrogen) atoms. The minimum absolute atomic E-state index is 0. The summed E-state index contributed by atoms with van der Waals surface area (Å²) in [7, 11) is 1.58. The van der Waals surface area contributed by atoms with Gasteiger partial charge in [0.25, 0.3) is 0 Å². The molecule has 0 atom stereocenters. The Labute approximate surface area is 66.2 Å². The van der Waals surface area contributed by atoms with Gasteiger partial charge in [-0.05, 0) is 18.2 Å². The summed E-state index contributed by atoms with van der Waals surface area (Å²) >= 11 is 0. The third-order valence-corrected chi connectivity index (χ3v) is 1.19. The Balaban J connectivity index is 0.00000121. The van der Waals surface area contributed by atoms with E-state index in [4.69, 9.17) is 4.42 Å². The summed E-state index contributed by atoms with van der Waals surface area (Å²) in [5.41, 5.74) is 0. The van der Waals surface area contributed by atoms with Crippen LogP contribution in [0.3, 0.4) is 0 Å². The van der Waals surface area contributed by atoms with E-state index in [1.165, 1.54) is 6.08 Å². The van der Waals surface area contributed by atoms with Crippen molar-refractivity contribution in [3.63, 3.8) is 0 Å². The average Bonchev–Trinajstić information content (AvgIpc) is 2.52. The molecule has 1 N–H and O–H groups in total. The Morgan fingerprint density at radius 3 is 3.18 bits per heavy atom. The van der Waals surface area contributed by atoms with Crippen molar-refractivity contribution in [1.82, 2.24) is 5.32 Å². The highest BCUT2D eigenvalue weighted by atomic mass is 16.3. The summed E-state index contributed by atoms with van der Waals surface area (Å²) in [6.45, 7) is 0. The van der Waals surface area contributed by atoms with Crippen LogP contribution >= 0.6 is 0 Å². The zero-order valence-electron chi connectivity index (χ0n) is 6.20. The van der Waals surface area contributed by atoms with Crippen molar-refractivity contribution < 1.29 is 10.6 Å². The fourth-order valence-electron chi connectivity index (χ4n) is 0.627. The van der Waals surface area contributed by atoms with Crippen molar-refractivity contribution in [2.24, 2.45) is 0 Å². The summed E-state index contributed by atoms with van der Waals surface area (Å²) in [5, 5.41) is 2.46. The maximum absolute atomic E-state index is 10.7. The molecule has 0 aromatic carbocycles. The number of hydrogen-bond donors (Lipinski definition) is 1. The van der Waals surface area contributed by atoms with E-state index in [1.54, 1.807) is 31.5 Å². The molecule has 1 heterocycles. The maximum Gasteiger partial charge on any atom is 0.243 e. The van der Waals surface area contributed by atoms with Gasteiger partial charge in [-0.2, -0.15) is 0 Å². The monoisotopic (exact) mass is 153 g/mol. The predicted octanol–water partition coefficient (Wildman–Crippen LogP) is 1.28. The van der Waals surface area contributed by atoms with Crippen LogP contribution < -0.4 is 5.32 Å². The van der Waals surface area contributed by atoms with Gasteiger partial charge in [0.2, 0.25) is 5.91 Å². The molecule has 0 aliphatic carbocycles. The Morgan fingerprint density at radius 1 is 1.82 bits per heavy atom. The fourth-order valence-corrected chi connectivity index (χ4v) is 0.627. The quantitative estimate of drug-likeness (QED) is 0.650. The molecule has 0 bridgehead atoms. The highest BCUT2D eigenvalue weighted by Gasteiger charge is 1.90. The summed E-state index contributed by atoms with van der Waals surface area (Å²) < 4.78 is 4.96. The number of carbonyl (C=O) groups excluding carboxylic acids is 1. The van der Waals surface area contributed by atoms with Gasteiger partial charge in [-0.25, -0.2) is 0 Å². The highest BCUT2D eigenvalue weighted by Crippen LogP contribution is 2.01. The molecular weight excluding hydrogens is 142 g/mol. The first kappa shape index (κ1) is 7.60. The molecule has 0 saturated heterocycles. The van der Waals surface area contributed by atoms with Crippen molar-refractivity contribution in [2.75, 3.05) is 7.05 Å². The lowest BCUT2D eigenvalue weighted by molar-refractivity contribution is -0.115. The molecule has 0 fully saturated rings. The first-order chi connectivity index (χ1) is 5.33. The second kappa shape index (κ2) is 3.61. The van der Waals surface area contributed by atoms with Crippen molar-refractivity contribution in [3.05, 3.63) is 30.2 Å². The zero-order chi connectivity index (χ0) is 8.10. The molecule has 3 nitrogen and oxygen atoms in total. The maximum atomic E-state index is 10.7. The van der Waals surface area contributed by atoms with Crippen molar-refractivity contribution in [3.8, 4) is 0 Å². The molecule has 3 heteroatoms. The Hall–Kier alpha value is -1.51. The minimum Gasteiger partial charge on any atom is -0.465 e. The fraction of sp³-hybridized carbons (Fsp3) is 0.125. The van der Waals surface area contributed by atoms with E-state index in [9.17, 15) is 4.79 Å². The second-order valence-electron chi connectivity index (χ2n) is 1.96. The second-order valence-corrected chi connectivity index (χ2v) is 1.96. The average molecular weight is 153 g/mol. The van der Waals surface area contributed by atoms with E-state index in [-0.39, 0.29) is 7.33 Å². The standard InChI is InChI=1S/C8H9NO2.H2/c1-9-8(10)5-4-7-3-2-6-11-7;/h2-6H,1H3,(H,9,10);1H/b5-4+;. The molecule has 60 valence electrons. The van der Waals surface area contributed by atoms with Gasteiger partial charge >= 0.3 is 0 Å². The third kappa shape index (κ3) is 2.29. The SMILES string of the molecule is CNC(=O)/C=C/c1ccco1.[HH]. The van der Waals surface area contributed by atoms with Crippen LogP contribution in [0.1, 0.15) is 7.19 Å². The van der Waals surface area contributed by atoms with E-state index in [0.717, 1.165) is 0 Å². The van der Waals surface area contributed by atoms with Gasteiger partial charge in [-0.3, -0.25) is 4.79 Å². The van der Waals surface area contributed by atoms with Gasteiger partial charge < -0.3 is 9.73 Å². The molecule has 1 aromatic heterocycles. The molecule has 0 aliphatic heterocycles. The number of nitrogens with one attached hydrogen (secondary N) is 1. The van der Waals surface area contributed by atoms with Crippen molar-refractivity contribution >= 4 is 12.0 Å². The molecule has 1 rings (SSSR count). The third-order valence-electron chi connectivity index (χ3n) is 1.19. The van der Waals surface area contributed by atoms with Gasteiger partial charge in [-0.1, -0.05) is 0 Å². The van der Waals surface area contributed by atoms with Crippen LogP contribution in [-0.4, -0.2) is 13.0 Å². The Kier molecular flexibility index (Phi) is 2.49. The van der Waals surface area contributed by atoms with Crippen LogP contribution in [0.25, 0.3) is 6.08 Å². The predicted molar refractivity (Wildman–Crippen MR) is 43.9 cm³/mol. The van der Waals surface area contributed by atoms with Gasteiger partial charge in [0.05, 0.1) is 6.26 Å². The number of furan rings is 1. The normalized spacial score (nSPS) is 10.3. The van der Waals surface area contributed by atoms with Crippen LogP contribution in [0.2, 0.25) is 0 Å². The van der Waals surface area contributed by atoms with E-state index < -0.39 is 0 Å². The first-order valence-electron chi connectivity index (χ1n) is 3.26. The lowest BCUT2D eigenvalue weighted by Gasteiger charge is -1.87. The number of hydrogen-bond acceptors (Lipinski definition) is 2. The Morgan fingerprint density at radius 2 is 2.64 bits per heavy atom. The topological polar surface area (TPSA) is 42.2 Å². The summed E-state index contributed by atoms with van der Waals surface area (Å²) in [6.07, 6.45) is 4.58. The smallest absolute Gasteiger partial charge is 0.243 e. The van der Waals surface area contributed by atoms with E-state index in [2.05, 4.69) is 5.32 Å². The molecule has 0 unspecified atom stereocenters. The largest absolute Gasteiger partial charge is 0.465 e. The van der Waals surface area contributed by atoms with Crippen LogP contribution in [0.15, 0.2) is 28.9 Å². The Bertz CT molecular complexity index is 254. The van der Waals surface area contributed by atoms with Crippen molar-refractivity contribution in [1.29, 1.82) is 0 Å². The number of likely N-dealkylation sites (N-methyl/N-ethyl adjacent to an activating group) is 1. The number of rotatable bonds is 2. The lowest BCUT2D eigenvalue weighted by Crippen LogP contribution is -2.13. The molecule has 0 saturated carbocycles. The van der Waals surface area contributed by atoms with E-state index >= 15 is 0 Å². The molecule has 0 aliphatic rings. The number of amides is 1. The summed E-state index contributed by atoms with van der Waals surface area (Å²) in [5.74, 6) is 0.537. The lowest BCUT2D eigenvalue weighted by atomic mass is 10.4. The van der Waals surface area contributed by atoms with E-state index in [0.29, 0.717) is 5.76 Å².